The van der Waals surface area contributed by atoms with Gasteiger partial charge in [-0.3, -0.25) is 0 Å². The average molecular weight is 354 g/mol. The molecular weight excluding hydrogens is 343 g/mol. The Bertz CT molecular complexity index is 704. The highest BCUT2D eigenvalue weighted by molar-refractivity contribution is 8.45. The first kappa shape index (κ1) is 15.4. The maximum atomic E-state index is 12.7. The van der Waals surface area contributed by atoms with Crippen LogP contribution in [0.2, 0.25) is 0 Å². The van der Waals surface area contributed by atoms with Crippen LogP contribution in [0.4, 0.5) is 19.4 Å². The van der Waals surface area contributed by atoms with Gasteiger partial charge in [-0.05, 0) is 41.8 Å². The molecule has 1 aromatic carbocycles. The Hall–Kier alpha value is -1.48. The lowest BCUT2D eigenvalue weighted by atomic mass is 10.0. The molecule has 0 N–H and O–H groups in total. The second kappa shape index (κ2) is 4.29. The van der Waals surface area contributed by atoms with Crippen molar-refractivity contribution in [2.45, 2.75) is 4.90 Å². The number of hydrogen-bond acceptors (Lipinski definition) is 3. The third kappa shape index (κ3) is 3.00. The maximum Gasteiger partial charge on any atom is 0.310 e. The fourth-order valence-electron chi connectivity index (χ4n) is 2.19. The molecule has 0 atom stereocenters. The van der Waals surface area contributed by atoms with Crippen molar-refractivity contribution in [3.63, 3.8) is 0 Å². The van der Waals surface area contributed by atoms with Crippen LogP contribution in [-0.2, 0) is 0 Å². The summed E-state index contributed by atoms with van der Waals surface area (Å²) in [6.45, 7) is 0.737. The summed E-state index contributed by atoms with van der Waals surface area (Å²) in [4.78, 5) is -0.00273. The Labute approximate surface area is 128 Å². The lowest BCUT2D eigenvalue weighted by molar-refractivity contribution is 0.364. The van der Waals surface area contributed by atoms with E-state index < -0.39 is 15.1 Å². The molecule has 2 heterocycles. The topological polar surface area (TPSA) is 15.6 Å². The Morgan fingerprint density at radius 3 is 2.36 bits per heavy atom. The van der Waals surface area contributed by atoms with Gasteiger partial charge in [0.25, 0.3) is 0 Å². The first-order valence-corrected chi connectivity index (χ1v) is 9.14. The number of fused-ring (bicyclic) bond motifs is 1. The highest BCUT2D eigenvalue weighted by Gasteiger charge is 2.65. The van der Waals surface area contributed by atoms with E-state index in [1.54, 1.807) is 12.2 Å². The Morgan fingerprint density at radius 2 is 1.73 bits per heavy atom. The number of amidine groups is 1. The van der Waals surface area contributed by atoms with Gasteiger partial charge in [0.1, 0.15) is 10.7 Å². The van der Waals surface area contributed by atoms with Crippen molar-refractivity contribution in [3.05, 3.63) is 48.2 Å². The summed E-state index contributed by atoms with van der Waals surface area (Å²) < 4.78 is 67.9. The molecule has 0 bridgehead atoms. The summed E-state index contributed by atoms with van der Waals surface area (Å²) in [6.07, 6.45) is 5.28. The molecule has 22 heavy (non-hydrogen) atoms. The third-order valence-corrected chi connectivity index (χ3v) is 5.06. The minimum Gasteiger partial charge on any atom is -0.331 e. The van der Waals surface area contributed by atoms with Gasteiger partial charge in [-0.1, -0.05) is 31.6 Å². The Kier molecular flexibility index (Phi) is 3.00. The Balaban J connectivity index is 1.99. The number of nitrogens with zero attached hydrogens (tertiary/aromatic N) is 2. The van der Waals surface area contributed by atoms with E-state index >= 15 is 0 Å². The van der Waals surface area contributed by atoms with Gasteiger partial charge >= 0.3 is 10.2 Å². The van der Waals surface area contributed by atoms with Gasteiger partial charge in [0.05, 0.1) is 0 Å². The first-order valence-electron chi connectivity index (χ1n) is 6.25. The monoisotopic (exact) mass is 354 g/mol. The maximum absolute atomic E-state index is 12.7. The molecule has 2 aliphatic heterocycles. The molecule has 0 aliphatic carbocycles. The summed E-state index contributed by atoms with van der Waals surface area (Å²) in [7, 11) is -9.63. The lowest BCUT2D eigenvalue weighted by Gasteiger charge is -2.40. The van der Waals surface area contributed by atoms with Gasteiger partial charge in [0, 0.05) is 24.1 Å². The van der Waals surface area contributed by atoms with E-state index in [4.69, 9.17) is 0 Å². The lowest BCUT2D eigenvalue weighted by Crippen LogP contribution is -2.32. The first-order chi connectivity index (χ1) is 10.0. The van der Waals surface area contributed by atoms with Crippen molar-refractivity contribution in [3.8, 4) is 0 Å². The molecule has 9 heteroatoms. The van der Waals surface area contributed by atoms with Crippen LogP contribution in [-0.4, -0.2) is 23.0 Å². The van der Waals surface area contributed by atoms with Crippen LogP contribution in [0.1, 0.15) is 5.56 Å². The van der Waals surface area contributed by atoms with Crippen LogP contribution >= 0.6 is 22.2 Å². The standard InChI is InChI=1S/C13H11F5N2S2/c14-22(15,16,17,18)11-5-3-10(4-6-11)12-2-1-7-20-8-9-21-19-13(12)20/h1-7H,8-9H2. The molecule has 0 saturated carbocycles. The molecule has 0 radical (unpaired) electrons. The van der Waals surface area contributed by atoms with Crippen molar-refractivity contribution in [1.29, 1.82) is 0 Å². The summed E-state index contributed by atoms with van der Waals surface area (Å²) >= 11 is 1.36. The van der Waals surface area contributed by atoms with E-state index in [2.05, 4.69) is 4.40 Å². The van der Waals surface area contributed by atoms with Gasteiger partial charge in [-0.2, -0.15) is 4.40 Å². The summed E-state index contributed by atoms with van der Waals surface area (Å²) in [5.41, 5.74) is 1.03. The molecule has 0 saturated heterocycles. The van der Waals surface area contributed by atoms with E-state index in [1.807, 2.05) is 11.1 Å². The number of hydrogen-bond donors (Lipinski definition) is 0. The van der Waals surface area contributed by atoms with Crippen molar-refractivity contribution < 1.29 is 19.4 Å². The number of halogens is 5. The highest BCUT2D eigenvalue weighted by atomic mass is 32.5. The zero-order valence-electron chi connectivity index (χ0n) is 11.1. The SMILES string of the molecule is FS(F)(F)(F)(F)c1ccc(C2=CC=CN3CCSN=C23)cc1. The average Bonchev–Trinajstić information content (AvgIpc) is 2.44. The molecule has 0 spiro atoms. The van der Waals surface area contributed by atoms with Gasteiger partial charge < -0.3 is 4.90 Å². The van der Waals surface area contributed by atoms with E-state index in [-0.39, 0.29) is 0 Å². The molecule has 2 aliphatic rings. The van der Waals surface area contributed by atoms with Crippen molar-refractivity contribution >= 4 is 33.6 Å². The van der Waals surface area contributed by atoms with E-state index in [0.29, 0.717) is 29.1 Å². The van der Waals surface area contributed by atoms with Gasteiger partial charge in [-0.25, -0.2) is 0 Å². The quantitative estimate of drug-likeness (QED) is 0.506. The zero-order chi connectivity index (χ0) is 16.1. The minimum absolute atomic E-state index is 0.418. The number of allylic oxidation sites excluding steroid dienone is 2. The van der Waals surface area contributed by atoms with Gasteiger partial charge in [-0.15, -0.1) is 0 Å². The van der Waals surface area contributed by atoms with Gasteiger partial charge in [0.15, 0.2) is 0 Å². The fraction of sp³-hybridized carbons (Fsp3) is 0.154. The van der Waals surface area contributed by atoms with Crippen molar-refractivity contribution in [2.75, 3.05) is 12.3 Å². The molecule has 0 fully saturated rings. The largest absolute Gasteiger partial charge is 0.331 e. The second-order valence-electron chi connectivity index (χ2n) is 4.86. The van der Waals surface area contributed by atoms with Gasteiger partial charge in [0.2, 0.25) is 0 Å². The summed E-state index contributed by atoms with van der Waals surface area (Å²) in [6, 6.07) is 2.96. The van der Waals surface area contributed by atoms with Crippen LogP contribution in [0.15, 0.2) is 51.9 Å². The fourth-order valence-corrected chi connectivity index (χ4v) is 3.53. The van der Waals surface area contributed by atoms with Crippen LogP contribution in [0.25, 0.3) is 5.57 Å². The van der Waals surface area contributed by atoms with E-state index in [0.717, 1.165) is 24.4 Å². The molecule has 2 nitrogen and oxygen atoms in total. The smallest absolute Gasteiger partial charge is 0.310 e. The second-order valence-corrected chi connectivity index (χ2v) is 8.12. The molecule has 3 rings (SSSR count). The highest BCUT2D eigenvalue weighted by Crippen LogP contribution is 3.02. The molecular formula is C13H11F5N2S2. The van der Waals surface area contributed by atoms with Crippen LogP contribution in [0.5, 0.6) is 0 Å². The zero-order valence-corrected chi connectivity index (χ0v) is 12.7. The molecule has 120 valence electrons. The summed E-state index contributed by atoms with van der Waals surface area (Å²) in [5, 5.41) is 0. The summed E-state index contributed by atoms with van der Waals surface area (Å²) in [5.74, 6) is 1.43. The van der Waals surface area contributed by atoms with Crippen molar-refractivity contribution in [1.82, 2.24) is 4.90 Å². The predicted molar refractivity (Wildman–Crippen MR) is 81.6 cm³/mol. The van der Waals surface area contributed by atoms with E-state index in [1.165, 1.54) is 11.9 Å². The molecule has 0 aromatic heterocycles. The van der Waals surface area contributed by atoms with Crippen LogP contribution in [0, 0.1) is 0 Å². The normalized spacial score (nSPS) is 21.4. The Morgan fingerprint density at radius 1 is 1.05 bits per heavy atom. The van der Waals surface area contributed by atoms with E-state index in [9.17, 15) is 19.4 Å². The molecule has 0 unspecified atom stereocenters. The molecule has 0 amide bonds. The molecule has 1 aromatic rings. The van der Waals surface area contributed by atoms with Crippen molar-refractivity contribution in [2.24, 2.45) is 4.40 Å². The minimum atomic E-state index is -9.63. The third-order valence-electron chi connectivity index (χ3n) is 3.23. The number of rotatable bonds is 2. The van der Waals surface area contributed by atoms with Crippen LogP contribution in [0.3, 0.4) is 0 Å². The number of benzene rings is 1. The predicted octanol–water partition coefficient (Wildman–Crippen LogP) is 5.62. The van der Waals surface area contributed by atoms with Crippen LogP contribution < -0.4 is 0 Å².